The predicted molar refractivity (Wildman–Crippen MR) is 125 cm³/mol. The fraction of sp³-hybridized carbons (Fsp3) is 0.727. The molecule has 0 radical (unpaired) electrons. The van der Waals surface area contributed by atoms with Gasteiger partial charge in [-0.3, -0.25) is 19.4 Å². The van der Waals surface area contributed by atoms with Crippen LogP contribution in [0.25, 0.3) is 0 Å². The summed E-state index contributed by atoms with van der Waals surface area (Å²) in [5.41, 5.74) is 0. The number of piperazine rings is 1. The number of nitrogens with one attached hydrogen (secondary N) is 1. The van der Waals surface area contributed by atoms with E-state index >= 15 is 0 Å². The van der Waals surface area contributed by atoms with Crippen LogP contribution in [0.1, 0.15) is 35.4 Å². The van der Waals surface area contributed by atoms with Crippen LogP contribution in [0.15, 0.2) is 12.1 Å². The Morgan fingerprint density at radius 1 is 1.06 bits per heavy atom. The molecule has 1 unspecified atom stereocenters. The van der Waals surface area contributed by atoms with Gasteiger partial charge in [-0.1, -0.05) is 11.6 Å². The van der Waals surface area contributed by atoms with Gasteiger partial charge in [0.1, 0.15) is 0 Å². The van der Waals surface area contributed by atoms with Crippen molar-refractivity contribution in [2.45, 2.75) is 37.8 Å². The van der Waals surface area contributed by atoms with Crippen LogP contribution in [-0.4, -0.2) is 109 Å². The summed E-state index contributed by atoms with van der Waals surface area (Å²) in [7, 11) is 2.20. The summed E-state index contributed by atoms with van der Waals surface area (Å²) in [5.74, 6) is 0.153. The molecule has 3 fully saturated rings. The van der Waals surface area contributed by atoms with Crippen LogP contribution >= 0.6 is 22.9 Å². The molecule has 1 aromatic heterocycles. The van der Waals surface area contributed by atoms with Gasteiger partial charge in [0.05, 0.1) is 15.8 Å². The second-order valence-corrected chi connectivity index (χ2v) is 10.8. The summed E-state index contributed by atoms with van der Waals surface area (Å²) in [6.07, 6.45) is 4.42. The average Bonchev–Trinajstić information content (AvgIpc) is 3.21. The number of nitrogens with zero attached hydrogens (tertiary/aromatic N) is 4. The molecule has 3 saturated heterocycles. The smallest absolute Gasteiger partial charge is 0.261 e. The zero-order chi connectivity index (χ0) is 21.8. The maximum Gasteiger partial charge on any atom is 0.261 e. The minimum atomic E-state index is -0.0693. The van der Waals surface area contributed by atoms with Crippen molar-refractivity contribution in [3.05, 3.63) is 21.3 Å². The number of amides is 2. The highest BCUT2D eigenvalue weighted by Crippen LogP contribution is 2.22. The number of carbonyl (C=O) groups excluding carboxylic acids is 2. The average molecular weight is 468 g/mol. The summed E-state index contributed by atoms with van der Waals surface area (Å²) >= 11 is 7.24. The van der Waals surface area contributed by atoms with Crippen LogP contribution in [0, 0.1) is 0 Å². The third-order valence-corrected chi connectivity index (χ3v) is 8.10. The van der Waals surface area contributed by atoms with Gasteiger partial charge in [0.15, 0.2) is 0 Å². The number of carbonyl (C=O) groups is 2. The molecule has 4 heterocycles. The van der Waals surface area contributed by atoms with E-state index in [-0.39, 0.29) is 17.9 Å². The molecule has 4 rings (SSSR count). The van der Waals surface area contributed by atoms with Gasteiger partial charge in [-0.25, -0.2) is 0 Å². The van der Waals surface area contributed by atoms with Gasteiger partial charge in [0, 0.05) is 44.8 Å². The lowest BCUT2D eigenvalue weighted by molar-refractivity contribution is -0.135. The van der Waals surface area contributed by atoms with E-state index in [0.717, 1.165) is 52.1 Å². The molecule has 3 aliphatic heterocycles. The standard InChI is InChI=1S/C22H34ClN5O2S/c1-25-9-6-18(7-10-25)27-11-13-28(14-12-27)21(29)16-26-8-2-3-17(15-26)24-22(30)19-4-5-20(23)31-19/h4-5,17-18H,2-3,6-16H2,1H3,(H,24,30). The fourth-order valence-electron chi connectivity index (χ4n) is 5.00. The molecule has 0 saturated carbocycles. The summed E-state index contributed by atoms with van der Waals surface area (Å²) in [4.78, 5) is 35.2. The van der Waals surface area contributed by atoms with E-state index in [2.05, 4.69) is 27.1 Å². The molecule has 31 heavy (non-hydrogen) atoms. The first-order valence-electron chi connectivity index (χ1n) is 11.5. The Balaban J connectivity index is 1.20. The van der Waals surface area contributed by atoms with Crippen LogP contribution in [0.2, 0.25) is 4.34 Å². The van der Waals surface area contributed by atoms with Gasteiger partial charge in [-0.05, 0) is 64.5 Å². The summed E-state index contributed by atoms with van der Waals surface area (Å²) < 4.78 is 0.622. The molecule has 0 aromatic carbocycles. The third-order valence-electron chi connectivity index (χ3n) is 6.87. The Hall–Kier alpha value is -1.19. The minimum Gasteiger partial charge on any atom is -0.347 e. The van der Waals surface area contributed by atoms with E-state index < -0.39 is 0 Å². The molecule has 0 aliphatic carbocycles. The Labute approximate surface area is 194 Å². The van der Waals surface area contributed by atoms with Crippen molar-refractivity contribution in [2.24, 2.45) is 0 Å². The molecule has 1 N–H and O–H groups in total. The van der Waals surface area contributed by atoms with Crippen molar-refractivity contribution >= 4 is 34.8 Å². The molecule has 3 aliphatic rings. The maximum absolute atomic E-state index is 12.9. The van der Waals surface area contributed by atoms with Crippen LogP contribution in [0.3, 0.4) is 0 Å². The third kappa shape index (κ3) is 6.20. The van der Waals surface area contributed by atoms with E-state index in [4.69, 9.17) is 11.6 Å². The van der Waals surface area contributed by atoms with Crippen molar-refractivity contribution in [1.29, 1.82) is 0 Å². The van der Waals surface area contributed by atoms with Gasteiger partial charge in [0.25, 0.3) is 5.91 Å². The van der Waals surface area contributed by atoms with Gasteiger partial charge in [-0.2, -0.15) is 0 Å². The highest BCUT2D eigenvalue weighted by Gasteiger charge is 2.30. The number of likely N-dealkylation sites (tertiary alicyclic amines) is 2. The van der Waals surface area contributed by atoms with Crippen molar-refractivity contribution in [3.63, 3.8) is 0 Å². The van der Waals surface area contributed by atoms with Crippen LogP contribution in [-0.2, 0) is 4.79 Å². The van der Waals surface area contributed by atoms with E-state index in [0.29, 0.717) is 21.8 Å². The van der Waals surface area contributed by atoms with E-state index in [1.807, 2.05) is 4.90 Å². The number of rotatable bonds is 5. The lowest BCUT2D eigenvalue weighted by Crippen LogP contribution is -2.56. The number of thiophene rings is 1. The molecular weight excluding hydrogens is 434 g/mol. The van der Waals surface area contributed by atoms with Gasteiger partial charge < -0.3 is 15.1 Å². The lowest BCUT2D eigenvalue weighted by atomic mass is 10.0. The first-order valence-corrected chi connectivity index (χ1v) is 12.7. The van der Waals surface area contributed by atoms with Gasteiger partial charge >= 0.3 is 0 Å². The molecule has 1 aromatic rings. The maximum atomic E-state index is 12.9. The summed E-state index contributed by atoms with van der Waals surface area (Å²) in [5, 5.41) is 3.11. The van der Waals surface area contributed by atoms with Crippen LogP contribution in [0.4, 0.5) is 0 Å². The Morgan fingerprint density at radius 2 is 1.81 bits per heavy atom. The first kappa shape index (κ1) is 23.0. The monoisotopic (exact) mass is 467 g/mol. The summed E-state index contributed by atoms with van der Waals surface area (Å²) in [6.45, 7) is 8.09. The Bertz CT molecular complexity index is 759. The van der Waals surface area contributed by atoms with E-state index in [1.165, 1.54) is 37.3 Å². The second kappa shape index (κ2) is 10.6. The number of halogens is 1. The Morgan fingerprint density at radius 3 is 2.48 bits per heavy atom. The SMILES string of the molecule is CN1CCC(N2CCN(C(=O)CN3CCCC(NC(=O)c4ccc(Cl)s4)C3)CC2)CC1. The predicted octanol–water partition coefficient (Wildman–Crippen LogP) is 1.83. The molecule has 9 heteroatoms. The zero-order valence-corrected chi connectivity index (χ0v) is 20.0. The first-order chi connectivity index (χ1) is 15.0. The molecular formula is C22H34ClN5O2S. The van der Waals surface area contributed by atoms with Crippen molar-refractivity contribution in [3.8, 4) is 0 Å². The van der Waals surface area contributed by atoms with Crippen molar-refractivity contribution in [2.75, 3.05) is 66.0 Å². The number of hydrogen-bond acceptors (Lipinski definition) is 6. The minimum absolute atomic E-state index is 0.0693. The van der Waals surface area contributed by atoms with Gasteiger partial charge in [-0.15, -0.1) is 11.3 Å². The zero-order valence-electron chi connectivity index (χ0n) is 18.4. The summed E-state index contributed by atoms with van der Waals surface area (Å²) in [6, 6.07) is 4.27. The number of hydrogen-bond donors (Lipinski definition) is 1. The largest absolute Gasteiger partial charge is 0.347 e. The van der Waals surface area contributed by atoms with Crippen molar-refractivity contribution in [1.82, 2.24) is 24.9 Å². The topological polar surface area (TPSA) is 59.1 Å². The van der Waals surface area contributed by atoms with E-state index in [1.54, 1.807) is 12.1 Å². The van der Waals surface area contributed by atoms with Crippen LogP contribution < -0.4 is 5.32 Å². The molecule has 2 amide bonds. The highest BCUT2D eigenvalue weighted by atomic mass is 35.5. The second-order valence-electron chi connectivity index (χ2n) is 9.10. The highest BCUT2D eigenvalue weighted by molar-refractivity contribution is 7.18. The fourth-order valence-corrected chi connectivity index (χ4v) is 5.94. The molecule has 0 bridgehead atoms. The normalized spacial score (nSPS) is 25.0. The van der Waals surface area contributed by atoms with Crippen molar-refractivity contribution < 1.29 is 9.59 Å². The van der Waals surface area contributed by atoms with E-state index in [9.17, 15) is 9.59 Å². The number of piperidine rings is 2. The quantitative estimate of drug-likeness (QED) is 0.716. The molecule has 0 spiro atoms. The molecule has 7 nitrogen and oxygen atoms in total. The molecule has 1 atom stereocenters. The molecule has 172 valence electrons. The van der Waals surface area contributed by atoms with Gasteiger partial charge in [0.2, 0.25) is 5.91 Å². The Kier molecular flexibility index (Phi) is 7.87. The lowest BCUT2D eigenvalue weighted by Gasteiger charge is -2.42. The van der Waals surface area contributed by atoms with Crippen LogP contribution in [0.5, 0.6) is 0 Å².